The second-order valence-corrected chi connectivity index (χ2v) is 5.02. The monoisotopic (exact) mass is 329 g/mol. The first-order chi connectivity index (χ1) is 10.8. The molecule has 1 rings (SSSR count). The van der Waals surface area contributed by atoms with Crippen molar-refractivity contribution in [2.24, 2.45) is 0 Å². The maximum Gasteiger partial charge on any atom is 0.441 e. The van der Waals surface area contributed by atoms with Gasteiger partial charge in [-0.1, -0.05) is 32.6 Å². The van der Waals surface area contributed by atoms with Crippen molar-refractivity contribution in [3.63, 3.8) is 0 Å². The van der Waals surface area contributed by atoms with Crippen LogP contribution in [0.25, 0.3) is 0 Å². The van der Waals surface area contributed by atoms with Crippen molar-refractivity contribution in [1.82, 2.24) is 0 Å². The van der Waals surface area contributed by atoms with Gasteiger partial charge in [0.2, 0.25) is 0 Å². The van der Waals surface area contributed by atoms with Crippen LogP contribution in [0.5, 0.6) is 11.5 Å². The first-order valence-electron chi connectivity index (χ1n) is 7.44. The molecule has 0 aliphatic carbocycles. The maximum absolute atomic E-state index is 12.8. The number of carbonyl (C=O) groups is 2. The number of carbonyl (C=O) groups excluding carboxylic acids is 2. The lowest BCUT2D eigenvalue weighted by Gasteiger charge is -2.18. The van der Waals surface area contributed by atoms with Crippen molar-refractivity contribution in [2.75, 3.05) is 0 Å². The van der Waals surface area contributed by atoms with Gasteiger partial charge in [-0.2, -0.15) is 8.78 Å². The number of carboxylic acid groups (broad SMARTS) is 1. The lowest BCUT2D eigenvalue weighted by molar-refractivity contribution is -0.350. The molecular formula is C16H19F2O5-. The molecule has 0 amide bonds. The molecule has 0 unspecified atom stereocenters. The van der Waals surface area contributed by atoms with E-state index in [-0.39, 0.29) is 17.9 Å². The van der Waals surface area contributed by atoms with Crippen molar-refractivity contribution in [1.29, 1.82) is 0 Å². The van der Waals surface area contributed by atoms with E-state index >= 15 is 0 Å². The zero-order valence-electron chi connectivity index (χ0n) is 12.8. The van der Waals surface area contributed by atoms with Gasteiger partial charge in [0.15, 0.2) is 5.97 Å². The van der Waals surface area contributed by atoms with Crippen LogP contribution >= 0.6 is 0 Å². The summed E-state index contributed by atoms with van der Waals surface area (Å²) < 4.78 is 34.6. The number of esters is 1. The quantitative estimate of drug-likeness (QED) is 0.375. The van der Waals surface area contributed by atoms with Crippen LogP contribution in [-0.2, 0) is 9.59 Å². The Labute approximate surface area is 133 Å². The fourth-order valence-corrected chi connectivity index (χ4v) is 1.82. The predicted molar refractivity (Wildman–Crippen MR) is 76.0 cm³/mol. The van der Waals surface area contributed by atoms with Crippen LogP contribution in [0.1, 0.15) is 45.4 Å². The Morgan fingerprint density at radius 1 is 1.04 bits per heavy atom. The second-order valence-electron chi connectivity index (χ2n) is 5.02. The van der Waals surface area contributed by atoms with Crippen molar-refractivity contribution in [3.8, 4) is 11.5 Å². The minimum atomic E-state index is -4.42. The van der Waals surface area contributed by atoms with Gasteiger partial charge in [0.25, 0.3) is 0 Å². The molecule has 0 aliphatic rings. The number of hydrogen-bond donors (Lipinski definition) is 0. The number of halogens is 2. The van der Waals surface area contributed by atoms with E-state index in [4.69, 9.17) is 4.74 Å². The van der Waals surface area contributed by atoms with Gasteiger partial charge < -0.3 is 19.4 Å². The molecule has 0 radical (unpaired) electrons. The van der Waals surface area contributed by atoms with E-state index in [1.165, 1.54) is 12.1 Å². The Morgan fingerprint density at radius 3 is 2.17 bits per heavy atom. The van der Waals surface area contributed by atoms with Gasteiger partial charge in [-0.3, -0.25) is 4.79 Å². The van der Waals surface area contributed by atoms with E-state index in [1.807, 2.05) is 0 Å². The smallest absolute Gasteiger partial charge is 0.441 e. The van der Waals surface area contributed by atoms with Gasteiger partial charge >= 0.3 is 12.1 Å². The Balaban J connectivity index is 2.42. The van der Waals surface area contributed by atoms with Crippen molar-refractivity contribution in [3.05, 3.63) is 24.3 Å². The van der Waals surface area contributed by atoms with Gasteiger partial charge in [0.05, 0.1) is 0 Å². The van der Waals surface area contributed by atoms with Crippen LogP contribution in [0.2, 0.25) is 0 Å². The third-order valence-corrected chi connectivity index (χ3v) is 3.02. The van der Waals surface area contributed by atoms with Crippen LogP contribution < -0.4 is 14.6 Å². The molecule has 0 heterocycles. The van der Waals surface area contributed by atoms with Gasteiger partial charge in [-0.25, -0.2) is 0 Å². The third-order valence-electron chi connectivity index (χ3n) is 3.02. The van der Waals surface area contributed by atoms with Crippen LogP contribution in [0.4, 0.5) is 8.78 Å². The summed E-state index contributed by atoms with van der Waals surface area (Å²) in [5, 5.41) is 10.1. The van der Waals surface area contributed by atoms with E-state index in [1.54, 1.807) is 0 Å². The minimum absolute atomic E-state index is 0.174. The second kappa shape index (κ2) is 9.07. The molecule has 0 saturated heterocycles. The molecule has 0 atom stereocenters. The highest BCUT2D eigenvalue weighted by molar-refractivity contribution is 5.72. The molecular weight excluding hydrogens is 310 g/mol. The highest BCUT2D eigenvalue weighted by atomic mass is 19.3. The molecule has 0 fully saturated rings. The highest BCUT2D eigenvalue weighted by Gasteiger charge is 2.33. The molecule has 0 bridgehead atoms. The molecule has 0 saturated carbocycles. The van der Waals surface area contributed by atoms with Crippen LogP contribution in [-0.4, -0.2) is 18.0 Å². The number of ether oxygens (including phenoxy) is 2. The fourth-order valence-electron chi connectivity index (χ4n) is 1.82. The van der Waals surface area contributed by atoms with Crippen LogP contribution in [0.3, 0.4) is 0 Å². The lowest BCUT2D eigenvalue weighted by Crippen LogP contribution is -2.45. The van der Waals surface area contributed by atoms with E-state index in [0.717, 1.165) is 44.2 Å². The minimum Gasteiger partial charge on any atom is -0.541 e. The third kappa shape index (κ3) is 7.08. The van der Waals surface area contributed by atoms with Gasteiger partial charge in [-0.15, -0.1) is 0 Å². The molecule has 0 aromatic heterocycles. The Bertz CT molecular complexity index is 514. The lowest BCUT2D eigenvalue weighted by atomic mass is 10.1. The Kier molecular flexibility index (Phi) is 7.44. The molecule has 1 aromatic carbocycles. The number of benzene rings is 1. The molecule has 23 heavy (non-hydrogen) atoms. The Hall–Kier alpha value is -2.18. The average Bonchev–Trinajstić information content (AvgIpc) is 2.48. The van der Waals surface area contributed by atoms with Gasteiger partial charge in [-0.05, 0) is 30.7 Å². The fraction of sp³-hybridized carbons (Fsp3) is 0.500. The van der Waals surface area contributed by atoms with E-state index in [2.05, 4.69) is 11.7 Å². The first kappa shape index (κ1) is 18.9. The summed E-state index contributed by atoms with van der Waals surface area (Å²) in [6, 6.07) is 4.66. The number of carboxylic acids is 1. The SMILES string of the molecule is CCCCCCCC(=O)Oc1ccc(OC(F)(F)C(=O)[O-])cc1. The summed E-state index contributed by atoms with van der Waals surface area (Å²) in [7, 11) is 0. The summed E-state index contributed by atoms with van der Waals surface area (Å²) in [6.45, 7) is 2.10. The van der Waals surface area contributed by atoms with E-state index in [0.29, 0.717) is 0 Å². The summed E-state index contributed by atoms with van der Waals surface area (Å²) in [5.41, 5.74) is 0. The van der Waals surface area contributed by atoms with Crippen molar-refractivity contribution >= 4 is 11.9 Å². The number of rotatable bonds is 10. The topological polar surface area (TPSA) is 75.7 Å². The van der Waals surface area contributed by atoms with E-state index < -0.39 is 18.0 Å². The number of hydrogen-bond acceptors (Lipinski definition) is 5. The molecule has 7 heteroatoms. The average molecular weight is 329 g/mol. The standard InChI is InChI=1S/C16H20F2O5/c1-2-3-4-5-6-7-14(19)22-12-8-10-13(11-9-12)23-16(17,18)15(20)21/h8-11H,2-7H2,1H3,(H,20,21)/p-1. The van der Waals surface area contributed by atoms with Gasteiger partial charge in [0, 0.05) is 6.42 Å². The summed E-state index contributed by atoms with van der Waals surface area (Å²) in [5.74, 6) is -3.24. The number of aliphatic carboxylic acids is 1. The molecule has 0 spiro atoms. The molecule has 128 valence electrons. The zero-order chi connectivity index (χ0) is 17.3. The molecule has 0 aliphatic heterocycles. The van der Waals surface area contributed by atoms with Crippen LogP contribution in [0.15, 0.2) is 24.3 Å². The predicted octanol–water partition coefficient (Wildman–Crippen LogP) is 2.67. The highest BCUT2D eigenvalue weighted by Crippen LogP contribution is 2.24. The summed E-state index contributed by atoms with van der Waals surface area (Å²) >= 11 is 0. The first-order valence-corrected chi connectivity index (χ1v) is 7.44. The van der Waals surface area contributed by atoms with E-state index in [9.17, 15) is 23.5 Å². The number of alkyl halides is 2. The molecule has 0 N–H and O–H groups in total. The summed E-state index contributed by atoms with van der Waals surface area (Å²) in [4.78, 5) is 21.7. The molecule has 5 nitrogen and oxygen atoms in total. The van der Waals surface area contributed by atoms with Crippen LogP contribution in [0, 0.1) is 0 Å². The largest absolute Gasteiger partial charge is 0.541 e. The summed E-state index contributed by atoms with van der Waals surface area (Å²) in [6.07, 6.45) is 0.874. The van der Waals surface area contributed by atoms with Crippen molar-refractivity contribution < 1.29 is 33.0 Å². The van der Waals surface area contributed by atoms with Gasteiger partial charge in [0.1, 0.15) is 11.5 Å². The maximum atomic E-state index is 12.8. The van der Waals surface area contributed by atoms with Crippen molar-refractivity contribution in [2.45, 2.75) is 51.6 Å². The zero-order valence-corrected chi connectivity index (χ0v) is 12.8. The Morgan fingerprint density at radius 2 is 1.61 bits per heavy atom. The molecule has 1 aromatic rings. The number of unbranched alkanes of at least 4 members (excludes halogenated alkanes) is 4. The normalized spacial score (nSPS) is 11.1.